The fraction of sp³-hybridized carbons (Fsp3) is 0.625. The molecule has 0 aromatic heterocycles. The van der Waals surface area contributed by atoms with E-state index in [1.165, 1.54) is 18.2 Å². The van der Waals surface area contributed by atoms with Crippen molar-refractivity contribution in [3.05, 3.63) is 35.4 Å². The fourth-order valence-electron chi connectivity index (χ4n) is 3.46. The average molecular weight is 267 g/mol. The van der Waals surface area contributed by atoms with Gasteiger partial charge in [0.15, 0.2) is 0 Å². The number of nitrogens with one attached hydrogen (secondary N) is 1. The zero-order valence-corrected chi connectivity index (χ0v) is 12.3. The number of benzene rings is 1. The van der Waals surface area contributed by atoms with E-state index in [1.807, 2.05) is 6.92 Å². The van der Waals surface area contributed by atoms with Crippen LogP contribution in [-0.2, 0) is 0 Å². The molecule has 106 valence electrons. The van der Waals surface area contributed by atoms with Gasteiger partial charge < -0.3 is 5.32 Å². The molecule has 1 aromatic carbocycles. The number of halogens is 2. The quantitative estimate of drug-likeness (QED) is 0.857. The Bertz CT molecular complexity index is 466. The third-order valence-electron chi connectivity index (χ3n) is 5.18. The molecule has 0 aliphatic heterocycles. The Hall–Kier alpha value is -0.960. The van der Waals surface area contributed by atoms with Crippen LogP contribution in [-0.4, -0.2) is 6.54 Å². The summed E-state index contributed by atoms with van der Waals surface area (Å²) in [5.74, 6) is -0.405. The molecule has 0 bridgehead atoms. The first-order chi connectivity index (χ1) is 8.73. The highest BCUT2D eigenvalue weighted by molar-refractivity contribution is 5.29. The Morgan fingerprint density at radius 3 is 2.21 bits per heavy atom. The third kappa shape index (κ3) is 2.18. The van der Waals surface area contributed by atoms with E-state index in [0.717, 1.165) is 6.54 Å². The predicted molar refractivity (Wildman–Crippen MR) is 73.8 cm³/mol. The van der Waals surface area contributed by atoms with E-state index < -0.39 is 0 Å². The van der Waals surface area contributed by atoms with Gasteiger partial charge in [-0.05, 0) is 41.5 Å². The molecule has 0 amide bonds. The lowest BCUT2D eigenvalue weighted by Gasteiger charge is -2.21. The maximum Gasteiger partial charge on any atom is 0.128 e. The van der Waals surface area contributed by atoms with Gasteiger partial charge in [0, 0.05) is 11.6 Å². The van der Waals surface area contributed by atoms with E-state index in [9.17, 15) is 8.78 Å². The summed E-state index contributed by atoms with van der Waals surface area (Å²) in [6.07, 6.45) is 0. The van der Waals surface area contributed by atoms with Crippen LogP contribution < -0.4 is 5.32 Å². The minimum Gasteiger partial charge on any atom is -0.310 e. The van der Waals surface area contributed by atoms with Crippen molar-refractivity contribution >= 4 is 0 Å². The molecule has 1 unspecified atom stereocenters. The van der Waals surface area contributed by atoms with E-state index in [4.69, 9.17) is 0 Å². The Labute approximate surface area is 114 Å². The van der Waals surface area contributed by atoms with Crippen LogP contribution in [0.5, 0.6) is 0 Å². The average Bonchev–Trinajstić information content (AvgIpc) is 2.71. The molecule has 1 saturated carbocycles. The van der Waals surface area contributed by atoms with Gasteiger partial charge in [-0.25, -0.2) is 8.78 Å². The Morgan fingerprint density at radius 1 is 1.16 bits per heavy atom. The highest BCUT2D eigenvalue weighted by atomic mass is 19.1. The van der Waals surface area contributed by atoms with E-state index >= 15 is 0 Å². The van der Waals surface area contributed by atoms with Gasteiger partial charge in [-0.15, -0.1) is 0 Å². The van der Waals surface area contributed by atoms with Gasteiger partial charge in [-0.1, -0.05) is 34.6 Å². The van der Waals surface area contributed by atoms with Crippen LogP contribution in [0.2, 0.25) is 0 Å². The van der Waals surface area contributed by atoms with E-state index in [0.29, 0.717) is 11.5 Å². The van der Waals surface area contributed by atoms with Gasteiger partial charge in [0.2, 0.25) is 0 Å². The van der Waals surface area contributed by atoms with Gasteiger partial charge in [-0.3, -0.25) is 0 Å². The van der Waals surface area contributed by atoms with Crippen molar-refractivity contribution in [2.45, 2.75) is 40.7 Å². The van der Waals surface area contributed by atoms with Crippen LogP contribution in [0.25, 0.3) is 0 Å². The second-order valence-corrected chi connectivity index (χ2v) is 6.62. The summed E-state index contributed by atoms with van der Waals surface area (Å²) in [6, 6.07) is 3.58. The van der Waals surface area contributed by atoms with Crippen LogP contribution in [0, 0.1) is 28.4 Å². The van der Waals surface area contributed by atoms with Gasteiger partial charge >= 0.3 is 0 Å². The zero-order valence-electron chi connectivity index (χ0n) is 12.3. The molecule has 1 aliphatic rings. The summed E-state index contributed by atoms with van der Waals surface area (Å²) >= 11 is 0. The normalized spacial score (nSPS) is 22.3. The highest BCUT2D eigenvalue weighted by Crippen LogP contribution is 2.72. The molecule has 1 fully saturated rings. The summed E-state index contributed by atoms with van der Waals surface area (Å²) in [7, 11) is 0. The van der Waals surface area contributed by atoms with Gasteiger partial charge in [0.1, 0.15) is 11.6 Å². The molecule has 19 heavy (non-hydrogen) atoms. The Kier molecular flexibility index (Phi) is 3.46. The smallest absolute Gasteiger partial charge is 0.128 e. The van der Waals surface area contributed by atoms with Crippen molar-refractivity contribution in [3.8, 4) is 0 Å². The number of rotatable bonds is 4. The highest BCUT2D eigenvalue weighted by Gasteiger charge is 2.67. The van der Waals surface area contributed by atoms with E-state index in [1.54, 1.807) is 0 Å². The topological polar surface area (TPSA) is 12.0 Å². The van der Waals surface area contributed by atoms with Crippen LogP contribution in [0.4, 0.5) is 8.78 Å². The lowest BCUT2D eigenvalue weighted by atomic mass is 9.96. The van der Waals surface area contributed by atoms with Crippen LogP contribution in [0.3, 0.4) is 0 Å². The first-order valence-corrected chi connectivity index (χ1v) is 6.91. The van der Waals surface area contributed by atoms with Crippen molar-refractivity contribution in [1.82, 2.24) is 5.32 Å². The third-order valence-corrected chi connectivity index (χ3v) is 5.18. The molecule has 2 rings (SSSR count). The van der Waals surface area contributed by atoms with Crippen molar-refractivity contribution in [1.29, 1.82) is 0 Å². The van der Waals surface area contributed by atoms with Crippen LogP contribution in [0.15, 0.2) is 18.2 Å². The molecule has 1 aromatic rings. The Morgan fingerprint density at radius 2 is 1.74 bits per heavy atom. The summed E-state index contributed by atoms with van der Waals surface area (Å²) < 4.78 is 27.5. The fourth-order valence-corrected chi connectivity index (χ4v) is 3.46. The largest absolute Gasteiger partial charge is 0.310 e. The molecule has 1 nitrogen and oxygen atoms in total. The summed E-state index contributed by atoms with van der Waals surface area (Å²) in [6.45, 7) is 11.5. The van der Waals surface area contributed by atoms with E-state index in [2.05, 4.69) is 33.0 Å². The molecular formula is C16H23F2N. The van der Waals surface area contributed by atoms with Crippen LogP contribution in [0.1, 0.15) is 46.2 Å². The maximum atomic E-state index is 14.0. The van der Waals surface area contributed by atoms with Gasteiger partial charge in [-0.2, -0.15) is 0 Å². The summed E-state index contributed by atoms with van der Waals surface area (Å²) in [5.41, 5.74) is 0.697. The molecule has 1 N–H and O–H groups in total. The molecule has 0 saturated heterocycles. The second-order valence-electron chi connectivity index (χ2n) is 6.62. The number of hydrogen-bond donors (Lipinski definition) is 1. The van der Waals surface area contributed by atoms with Crippen molar-refractivity contribution in [3.63, 3.8) is 0 Å². The first-order valence-electron chi connectivity index (χ1n) is 6.91. The SMILES string of the molecule is CCNC(c1cc(F)ccc1F)C1C(C)(C)C1(C)C. The van der Waals surface area contributed by atoms with Gasteiger partial charge in [0.05, 0.1) is 0 Å². The van der Waals surface area contributed by atoms with Crippen LogP contribution >= 0.6 is 0 Å². The molecule has 0 spiro atoms. The maximum absolute atomic E-state index is 14.0. The lowest BCUT2D eigenvalue weighted by molar-refractivity contribution is 0.401. The molecular weight excluding hydrogens is 244 g/mol. The summed E-state index contributed by atoms with van der Waals surface area (Å²) in [4.78, 5) is 0. The predicted octanol–water partition coefficient (Wildman–Crippen LogP) is 4.30. The van der Waals surface area contributed by atoms with E-state index in [-0.39, 0.29) is 28.5 Å². The monoisotopic (exact) mass is 267 g/mol. The number of hydrogen-bond acceptors (Lipinski definition) is 1. The van der Waals surface area contributed by atoms with Crippen molar-refractivity contribution in [2.75, 3.05) is 6.54 Å². The molecule has 0 radical (unpaired) electrons. The standard InChI is InChI=1S/C16H23F2N/c1-6-19-13(14-15(2,3)16(14,4)5)11-9-10(17)7-8-12(11)18/h7-9,13-14,19H,6H2,1-5H3. The van der Waals surface area contributed by atoms with Gasteiger partial charge in [0.25, 0.3) is 0 Å². The Balaban J connectivity index is 2.40. The summed E-state index contributed by atoms with van der Waals surface area (Å²) in [5, 5.41) is 3.33. The minimum atomic E-state index is -0.379. The zero-order chi connectivity index (χ0) is 14.4. The molecule has 3 heteroatoms. The molecule has 1 aliphatic carbocycles. The van der Waals surface area contributed by atoms with Crippen molar-refractivity contribution in [2.24, 2.45) is 16.7 Å². The molecule has 1 atom stereocenters. The lowest BCUT2D eigenvalue weighted by Crippen LogP contribution is -2.26. The molecule has 0 heterocycles. The second kappa shape index (κ2) is 4.55. The minimum absolute atomic E-state index is 0.124. The first kappa shape index (κ1) is 14.4. The van der Waals surface area contributed by atoms with Crippen molar-refractivity contribution < 1.29 is 8.78 Å².